The number of carbonyl (C=O) groups is 1. The van der Waals surface area contributed by atoms with E-state index in [1.807, 2.05) is 53.6 Å². The number of anilines is 2. The van der Waals surface area contributed by atoms with Crippen LogP contribution in [-0.2, 0) is 19.8 Å². The minimum atomic E-state index is -4.64. The van der Waals surface area contributed by atoms with Crippen LogP contribution in [0.15, 0.2) is 66.9 Å². The molecule has 3 aromatic carbocycles. The van der Waals surface area contributed by atoms with Crippen molar-refractivity contribution in [2.45, 2.75) is 19.6 Å². The molecule has 206 valence electrons. The van der Waals surface area contributed by atoms with E-state index in [0.717, 1.165) is 51.6 Å². The lowest BCUT2D eigenvalue weighted by atomic mass is 10.1. The van der Waals surface area contributed by atoms with Gasteiger partial charge in [0.15, 0.2) is 5.65 Å². The van der Waals surface area contributed by atoms with E-state index >= 15 is 0 Å². The number of aromatic nitrogens is 4. The van der Waals surface area contributed by atoms with Gasteiger partial charge in [-0.3, -0.25) is 0 Å². The predicted octanol–water partition coefficient (Wildman–Crippen LogP) is 7.12. The molecule has 0 saturated carbocycles. The van der Waals surface area contributed by atoms with E-state index in [-0.39, 0.29) is 5.69 Å². The Morgan fingerprint density at radius 1 is 1.02 bits per heavy atom. The fraction of sp³-hybridized carbons (Fsp3) is 0.179. The molecule has 2 heterocycles. The van der Waals surface area contributed by atoms with Crippen LogP contribution in [0.1, 0.15) is 16.7 Å². The molecule has 0 aliphatic rings. The SMILES string of the molecule is COc1ccc(Cn2ncc3c2nc(-c2ccc(NC(=O)Nc4ccc(Cl)c(C(F)(F)F)c4)cc2C)n3C)cc1. The summed E-state index contributed by atoms with van der Waals surface area (Å²) in [6.07, 6.45) is -2.87. The maximum absolute atomic E-state index is 13.1. The van der Waals surface area contributed by atoms with E-state index in [2.05, 4.69) is 15.7 Å². The third kappa shape index (κ3) is 5.46. The van der Waals surface area contributed by atoms with Crippen LogP contribution in [0.2, 0.25) is 5.02 Å². The Kier molecular flexibility index (Phi) is 7.16. The molecule has 2 amide bonds. The van der Waals surface area contributed by atoms with Crippen molar-refractivity contribution in [3.63, 3.8) is 0 Å². The van der Waals surface area contributed by atoms with Crippen LogP contribution in [0.25, 0.3) is 22.6 Å². The van der Waals surface area contributed by atoms with Gasteiger partial charge in [0, 0.05) is 24.0 Å². The Hall–Kier alpha value is -4.51. The van der Waals surface area contributed by atoms with Gasteiger partial charge in [-0.05, 0) is 66.6 Å². The Morgan fingerprint density at radius 2 is 1.70 bits per heavy atom. The van der Waals surface area contributed by atoms with Gasteiger partial charge in [0.25, 0.3) is 0 Å². The fourth-order valence-electron chi connectivity index (χ4n) is 4.38. The Labute approximate surface area is 232 Å². The summed E-state index contributed by atoms with van der Waals surface area (Å²) in [5, 5.41) is 9.11. The number of aryl methyl sites for hydroxylation is 2. The number of nitrogens with zero attached hydrogens (tertiary/aromatic N) is 4. The molecule has 0 aliphatic heterocycles. The lowest BCUT2D eigenvalue weighted by Crippen LogP contribution is -2.20. The molecule has 5 aromatic rings. The zero-order valence-corrected chi connectivity index (χ0v) is 22.4. The number of rotatable bonds is 6. The van der Waals surface area contributed by atoms with Crippen molar-refractivity contribution in [1.29, 1.82) is 0 Å². The zero-order valence-electron chi connectivity index (χ0n) is 21.7. The first-order valence-electron chi connectivity index (χ1n) is 12.1. The maximum Gasteiger partial charge on any atom is 0.417 e. The number of imidazole rings is 1. The van der Waals surface area contributed by atoms with Gasteiger partial charge in [0.05, 0.1) is 30.4 Å². The molecular weight excluding hydrogens is 545 g/mol. The number of benzene rings is 3. The van der Waals surface area contributed by atoms with E-state index in [9.17, 15) is 18.0 Å². The number of urea groups is 1. The van der Waals surface area contributed by atoms with Crippen LogP contribution in [0.4, 0.5) is 29.3 Å². The lowest BCUT2D eigenvalue weighted by Gasteiger charge is -2.13. The van der Waals surface area contributed by atoms with Gasteiger partial charge in [-0.1, -0.05) is 23.7 Å². The van der Waals surface area contributed by atoms with E-state index in [1.54, 1.807) is 25.4 Å². The van der Waals surface area contributed by atoms with Crippen molar-refractivity contribution in [2.24, 2.45) is 7.05 Å². The Morgan fingerprint density at radius 3 is 2.35 bits per heavy atom. The Balaban J connectivity index is 1.33. The molecule has 0 aliphatic carbocycles. The third-order valence-corrected chi connectivity index (χ3v) is 6.76. The van der Waals surface area contributed by atoms with Gasteiger partial charge in [-0.2, -0.15) is 18.3 Å². The van der Waals surface area contributed by atoms with Crippen LogP contribution >= 0.6 is 11.6 Å². The summed E-state index contributed by atoms with van der Waals surface area (Å²) in [6, 6.07) is 15.5. The number of methoxy groups -OCH3 is 1. The van der Waals surface area contributed by atoms with E-state index in [1.165, 1.54) is 6.07 Å². The highest BCUT2D eigenvalue weighted by Gasteiger charge is 2.33. The topological polar surface area (TPSA) is 86.0 Å². The number of hydrogen-bond donors (Lipinski definition) is 2. The zero-order chi connectivity index (χ0) is 28.6. The number of halogens is 4. The summed E-state index contributed by atoms with van der Waals surface area (Å²) in [5.41, 5.74) is 3.75. The molecule has 8 nitrogen and oxygen atoms in total. The number of carbonyl (C=O) groups excluding carboxylic acids is 1. The van der Waals surface area contributed by atoms with Crippen molar-refractivity contribution in [1.82, 2.24) is 19.3 Å². The van der Waals surface area contributed by atoms with Gasteiger partial charge in [0.2, 0.25) is 0 Å². The number of hydrogen-bond acceptors (Lipinski definition) is 4. The minimum Gasteiger partial charge on any atom is -0.497 e. The lowest BCUT2D eigenvalue weighted by molar-refractivity contribution is -0.137. The first-order valence-corrected chi connectivity index (χ1v) is 12.5. The quantitative estimate of drug-likeness (QED) is 0.228. The Bertz CT molecular complexity index is 1710. The number of alkyl halides is 3. The van der Waals surface area contributed by atoms with E-state index in [0.29, 0.717) is 12.2 Å². The molecule has 0 atom stereocenters. The van der Waals surface area contributed by atoms with Crippen molar-refractivity contribution < 1.29 is 22.7 Å². The molecule has 0 bridgehead atoms. The predicted molar refractivity (Wildman–Crippen MR) is 148 cm³/mol. The molecule has 0 spiro atoms. The van der Waals surface area contributed by atoms with Crippen molar-refractivity contribution >= 4 is 40.2 Å². The highest BCUT2D eigenvalue weighted by atomic mass is 35.5. The van der Waals surface area contributed by atoms with E-state index in [4.69, 9.17) is 21.3 Å². The molecule has 2 N–H and O–H groups in total. The average molecular weight is 569 g/mol. The van der Waals surface area contributed by atoms with Gasteiger partial charge >= 0.3 is 12.2 Å². The number of ether oxygens (including phenoxy) is 1. The van der Waals surface area contributed by atoms with Crippen LogP contribution in [0, 0.1) is 6.92 Å². The van der Waals surface area contributed by atoms with Gasteiger partial charge < -0.3 is 19.9 Å². The average Bonchev–Trinajstić information content (AvgIpc) is 3.45. The molecule has 5 rings (SSSR count). The standard InChI is InChI=1S/C28H24ClF3N6O2/c1-16-12-18(34-27(39)35-19-7-11-23(29)22(13-19)28(30,31)32)6-10-21(16)25-36-26-24(37(25)2)14-33-38(26)15-17-4-8-20(40-3)9-5-17/h4-14H,15H2,1-3H3,(H2,34,35,39). The number of amides is 2. The third-order valence-electron chi connectivity index (χ3n) is 6.43. The second-order valence-corrected chi connectivity index (χ2v) is 9.56. The largest absolute Gasteiger partial charge is 0.497 e. The van der Waals surface area contributed by atoms with Gasteiger partial charge in [-0.25, -0.2) is 14.5 Å². The number of nitrogens with one attached hydrogen (secondary N) is 2. The van der Waals surface area contributed by atoms with Gasteiger partial charge in [0.1, 0.15) is 17.1 Å². The first-order chi connectivity index (χ1) is 19.0. The highest BCUT2D eigenvalue weighted by molar-refractivity contribution is 6.31. The molecule has 0 unspecified atom stereocenters. The normalized spacial score (nSPS) is 11.6. The summed E-state index contributed by atoms with van der Waals surface area (Å²) in [4.78, 5) is 17.3. The molecule has 0 radical (unpaired) electrons. The van der Waals surface area contributed by atoms with Crippen LogP contribution in [0.3, 0.4) is 0 Å². The molecule has 12 heteroatoms. The van der Waals surface area contributed by atoms with Crippen molar-refractivity contribution in [3.8, 4) is 17.1 Å². The molecule has 40 heavy (non-hydrogen) atoms. The highest BCUT2D eigenvalue weighted by Crippen LogP contribution is 2.36. The molecule has 0 fully saturated rings. The fourth-order valence-corrected chi connectivity index (χ4v) is 4.60. The summed E-state index contributed by atoms with van der Waals surface area (Å²) in [5.74, 6) is 1.51. The molecule has 2 aromatic heterocycles. The summed E-state index contributed by atoms with van der Waals surface area (Å²) >= 11 is 5.65. The number of fused-ring (bicyclic) bond motifs is 1. The second-order valence-electron chi connectivity index (χ2n) is 9.15. The van der Waals surface area contributed by atoms with Crippen molar-refractivity contribution in [3.05, 3.63) is 88.6 Å². The maximum atomic E-state index is 13.1. The second kappa shape index (κ2) is 10.6. The smallest absolute Gasteiger partial charge is 0.417 e. The summed E-state index contributed by atoms with van der Waals surface area (Å²) in [6.45, 7) is 2.43. The minimum absolute atomic E-state index is 0.0362. The van der Waals surface area contributed by atoms with Crippen LogP contribution in [0.5, 0.6) is 5.75 Å². The van der Waals surface area contributed by atoms with Crippen LogP contribution < -0.4 is 15.4 Å². The van der Waals surface area contributed by atoms with Crippen LogP contribution in [-0.4, -0.2) is 32.5 Å². The molecular formula is C28H24ClF3N6O2. The van der Waals surface area contributed by atoms with Crippen molar-refractivity contribution in [2.75, 3.05) is 17.7 Å². The molecule has 0 saturated heterocycles. The monoisotopic (exact) mass is 568 g/mol. The first kappa shape index (κ1) is 27.1. The summed E-state index contributed by atoms with van der Waals surface area (Å²) in [7, 11) is 3.53. The van der Waals surface area contributed by atoms with E-state index < -0.39 is 22.8 Å². The summed E-state index contributed by atoms with van der Waals surface area (Å²) < 4.78 is 48.4. The van der Waals surface area contributed by atoms with Gasteiger partial charge in [-0.15, -0.1) is 0 Å².